The second-order valence-corrected chi connectivity index (χ2v) is 7.54. The van der Waals surface area contributed by atoms with Crippen LogP contribution >= 0.6 is 11.6 Å². The van der Waals surface area contributed by atoms with E-state index in [9.17, 15) is 9.59 Å². The molecular weight excluding hydrogens is 414 g/mol. The lowest BCUT2D eigenvalue weighted by Gasteiger charge is -2.15. The number of nitrogens with zero attached hydrogens (tertiary/aromatic N) is 2. The van der Waals surface area contributed by atoms with E-state index in [0.717, 1.165) is 11.1 Å². The normalized spacial score (nSPS) is 10.9. The van der Waals surface area contributed by atoms with Crippen LogP contribution in [-0.4, -0.2) is 27.0 Å². The van der Waals surface area contributed by atoms with Crippen molar-refractivity contribution in [3.8, 4) is 0 Å². The maximum atomic E-state index is 13.3. The number of carbonyl (C=O) groups excluding carboxylic acids is 1. The number of aliphatic hydroxyl groups excluding tert-OH is 1. The van der Waals surface area contributed by atoms with Crippen LogP contribution in [0.4, 0.5) is 5.95 Å². The zero-order valence-corrected chi connectivity index (χ0v) is 17.3. The van der Waals surface area contributed by atoms with Crippen molar-refractivity contribution in [2.45, 2.75) is 13.1 Å². The Balaban J connectivity index is 1.78. The minimum Gasteiger partial charge on any atom is -0.388 e. The number of nitrogens with one attached hydrogen (secondary N) is 1. The monoisotopic (exact) mass is 433 g/mol. The van der Waals surface area contributed by atoms with Gasteiger partial charge in [0.15, 0.2) is 5.78 Å². The molecule has 0 atom stereocenters. The first-order valence-corrected chi connectivity index (χ1v) is 10.1. The minimum absolute atomic E-state index is 0.213. The van der Waals surface area contributed by atoms with Crippen molar-refractivity contribution in [2.24, 2.45) is 0 Å². The lowest BCUT2D eigenvalue weighted by Crippen LogP contribution is -2.26. The van der Waals surface area contributed by atoms with Gasteiger partial charge in [0.05, 0.1) is 17.4 Å². The van der Waals surface area contributed by atoms with Crippen LogP contribution in [0.3, 0.4) is 0 Å². The van der Waals surface area contributed by atoms with Crippen molar-refractivity contribution < 1.29 is 9.90 Å². The summed E-state index contributed by atoms with van der Waals surface area (Å²) in [6.45, 7) is 0.195. The highest BCUT2D eigenvalue weighted by Gasteiger charge is 2.14. The van der Waals surface area contributed by atoms with E-state index in [4.69, 9.17) is 16.7 Å². The Morgan fingerprint density at radius 3 is 2.45 bits per heavy atom. The fraction of sp³-hybridized carbons (Fsp3) is 0.125. The van der Waals surface area contributed by atoms with Crippen molar-refractivity contribution in [1.29, 1.82) is 0 Å². The molecule has 3 aromatic carbocycles. The number of anilines is 1. The van der Waals surface area contributed by atoms with Gasteiger partial charge >= 0.3 is 0 Å². The van der Waals surface area contributed by atoms with E-state index in [2.05, 4.69) is 10.3 Å². The summed E-state index contributed by atoms with van der Waals surface area (Å²) >= 11 is 5.96. The van der Waals surface area contributed by atoms with Crippen molar-refractivity contribution in [1.82, 2.24) is 9.55 Å². The number of carbonyl (C=O) groups is 1. The minimum atomic E-state index is -0.599. The van der Waals surface area contributed by atoms with E-state index in [1.165, 1.54) is 12.1 Å². The summed E-state index contributed by atoms with van der Waals surface area (Å²) in [7, 11) is 0. The zero-order valence-electron chi connectivity index (χ0n) is 16.6. The lowest BCUT2D eigenvalue weighted by atomic mass is 10.1. The molecule has 2 N–H and O–H groups in total. The SMILES string of the molecule is O=C(CO)c1ccc2c(=O)n(Cc3ccccc3)c(NCc3ccc(Cl)cc3)nc2c1. The number of aromatic nitrogens is 2. The molecule has 6 nitrogen and oxygen atoms in total. The van der Waals surface area contributed by atoms with Crippen LogP contribution in [0.2, 0.25) is 5.02 Å². The Kier molecular flexibility index (Phi) is 6.11. The van der Waals surface area contributed by atoms with Crippen molar-refractivity contribution in [3.63, 3.8) is 0 Å². The van der Waals surface area contributed by atoms with Crippen LogP contribution in [0, 0.1) is 0 Å². The Labute approximate surface area is 183 Å². The van der Waals surface area contributed by atoms with Gasteiger partial charge in [-0.3, -0.25) is 14.2 Å². The highest BCUT2D eigenvalue weighted by atomic mass is 35.5. The number of Topliss-reactive ketones (excluding diaryl/α,β-unsaturated/α-hetero) is 1. The fourth-order valence-corrected chi connectivity index (χ4v) is 3.44. The van der Waals surface area contributed by atoms with E-state index in [1.807, 2.05) is 42.5 Å². The van der Waals surface area contributed by atoms with E-state index in [0.29, 0.717) is 40.5 Å². The molecule has 31 heavy (non-hydrogen) atoms. The molecule has 0 aliphatic heterocycles. The number of hydrogen-bond acceptors (Lipinski definition) is 5. The molecule has 0 radical (unpaired) electrons. The maximum absolute atomic E-state index is 13.3. The number of fused-ring (bicyclic) bond motifs is 1. The second-order valence-electron chi connectivity index (χ2n) is 7.11. The summed E-state index contributed by atoms with van der Waals surface area (Å²) in [6.07, 6.45) is 0. The van der Waals surface area contributed by atoms with Gasteiger partial charge < -0.3 is 10.4 Å². The number of aliphatic hydroxyl groups is 1. The van der Waals surface area contributed by atoms with Gasteiger partial charge in [0.2, 0.25) is 5.95 Å². The zero-order chi connectivity index (χ0) is 21.8. The molecule has 0 saturated heterocycles. The summed E-state index contributed by atoms with van der Waals surface area (Å²) in [6, 6.07) is 21.7. The van der Waals surface area contributed by atoms with Crippen molar-refractivity contribution >= 4 is 34.2 Å². The number of rotatable bonds is 7. The molecule has 156 valence electrons. The molecule has 0 aliphatic rings. The van der Waals surface area contributed by atoms with Crippen LogP contribution in [-0.2, 0) is 13.1 Å². The summed E-state index contributed by atoms with van der Waals surface area (Å²) in [5.41, 5.74) is 2.44. The van der Waals surface area contributed by atoms with Crippen LogP contribution < -0.4 is 10.9 Å². The van der Waals surface area contributed by atoms with Gasteiger partial charge in [-0.05, 0) is 35.4 Å². The van der Waals surface area contributed by atoms with E-state index in [1.54, 1.807) is 22.8 Å². The Morgan fingerprint density at radius 1 is 1.00 bits per heavy atom. The highest BCUT2D eigenvalue weighted by molar-refractivity contribution is 6.30. The number of hydrogen-bond donors (Lipinski definition) is 2. The molecule has 0 amide bonds. The first-order valence-electron chi connectivity index (χ1n) is 9.76. The van der Waals surface area contributed by atoms with E-state index >= 15 is 0 Å². The van der Waals surface area contributed by atoms with Crippen LogP contribution in [0.5, 0.6) is 0 Å². The van der Waals surface area contributed by atoms with Gasteiger partial charge in [-0.15, -0.1) is 0 Å². The molecule has 4 rings (SSSR count). The Hall–Kier alpha value is -3.48. The van der Waals surface area contributed by atoms with Gasteiger partial charge in [-0.1, -0.05) is 60.1 Å². The summed E-state index contributed by atoms with van der Waals surface area (Å²) < 4.78 is 1.58. The number of halogens is 1. The smallest absolute Gasteiger partial charge is 0.263 e. The standard InChI is InChI=1S/C24H20ClN3O3/c25-19-9-6-16(7-10-19)13-26-24-27-21-12-18(22(30)15-29)8-11-20(21)23(31)28(24)14-17-4-2-1-3-5-17/h1-12,29H,13-15H2,(H,26,27). The predicted octanol–water partition coefficient (Wildman–Crippen LogP) is 3.89. The van der Waals surface area contributed by atoms with E-state index < -0.39 is 12.4 Å². The third-order valence-corrected chi connectivity index (χ3v) is 5.22. The van der Waals surface area contributed by atoms with Gasteiger partial charge in [0.25, 0.3) is 5.56 Å². The molecule has 1 aromatic heterocycles. The lowest BCUT2D eigenvalue weighted by molar-refractivity contribution is 0.0904. The summed E-state index contributed by atoms with van der Waals surface area (Å²) in [5.74, 6) is -0.0299. The third kappa shape index (κ3) is 4.66. The Morgan fingerprint density at radius 2 is 1.74 bits per heavy atom. The molecule has 0 unspecified atom stereocenters. The molecule has 0 spiro atoms. The molecule has 0 saturated carbocycles. The molecule has 0 bridgehead atoms. The predicted molar refractivity (Wildman–Crippen MR) is 122 cm³/mol. The Bertz CT molecular complexity index is 1290. The van der Waals surface area contributed by atoms with Gasteiger partial charge in [0.1, 0.15) is 6.61 Å². The first kappa shape index (κ1) is 20.8. The second kappa shape index (κ2) is 9.12. The number of ketones is 1. The van der Waals surface area contributed by atoms with Gasteiger partial charge in [-0.25, -0.2) is 4.98 Å². The van der Waals surface area contributed by atoms with E-state index in [-0.39, 0.29) is 5.56 Å². The third-order valence-electron chi connectivity index (χ3n) is 4.97. The largest absolute Gasteiger partial charge is 0.388 e. The molecule has 7 heteroatoms. The molecule has 1 heterocycles. The summed E-state index contributed by atoms with van der Waals surface area (Å²) in [4.78, 5) is 29.8. The van der Waals surface area contributed by atoms with Crippen molar-refractivity contribution in [2.75, 3.05) is 11.9 Å². The topological polar surface area (TPSA) is 84.2 Å². The van der Waals surface area contributed by atoms with Gasteiger partial charge in [0, 0.05) is 17.1 Å². The van der Waals surface area contributed by atoms with Crippen LogP contribution in [0.25, 0.3) is 10.9 Å². The quantitative estimate of drug-likeness (QED) is 0.432. The highest BCUT2D eigenvalue weighted by Crippen LogP contribution is 2.17. The van der Waals surface area contributed by atoms with Crippen molar-refractivity contribution in [3.05, 3.63) is 105 Å². The summed E-state index contributed by atoms with van der Waals surface area (Å²) in [5, 5.41) is 13.4. The molecule has 0 fully saturated rings. The first-order chi connectivity index (χ1) is 15.0. The average Bonchev–Trinajstić information content (AvgIpc) is 2.80. The van der Waals surface area contributed by atoms with Crippen LogP contribution in [0.1, 0.15) is 21.5 Å². The van der Waals surface area contributed by atoms with Gasteiger partial charge in [-0.2, -0.15) is 0 Å². The molecule has 4 aromatic rings. The number of benzene rings is 3. The fourth-order valence-electron chi connectivity index (χ4n) is 3.32. The average molecular weight is 434 g/mol. The molecular formula is C24H20ClN3O3. The maximum Gasteiger partial charge on any atom is 0.263 e. The molecule has 0 aliphatic carbocycles. The van der Waals surface area contributed by atoms with Crippen LogP contribution in [0.15, 0.2) is 77.6 Å².